The van der Waals surface area contributed by atoms with Crippen molar-refractivity contribution in [2.24, 2.45) is 4.99 Å². The molecule has 0 saturated heterocycles. The molecule has 0 bridgehead atoms. The Balaban J connectivity index is 1.43. The van der Waals surface area contributed by atoms with Gasteiger partial charge in [-0.3, -0.25) is 4.99 Å². The van der Waals surface area contributed by atoms with E-state index in [4.69, 9.17) is 9.15 Å². The summed E-state index contributed by atoms with van der Waals surface area (Å²) in [5, 5.41) is 6.46. The van der Waals surface area contributed by atoms with Crippen molar-refractivity contribution in [1.82, 2.24) is 15.6 Å². The Kier molecular flexibility index (Phi) is 6.84. The molecule has 0 spiro atoms. The van der Waals surface area contributed by atoms with Crippen LogP contribution in [-0.2, 0) is 13.0 Å². The van der Waals surface area contributed by atoms with Crippen molar-refractivity contribution in [3.8, 4) is 11.5 Å². The molecule has 7 heteroatoms. The Bertz CT molecular complexity index is 930. The Morgan fingerprint density at radius 1 is 1.03 bits per heavy atom. The quantitative estimate of drug-likeness (QED) is 0.464. The number of guanidine groups is 1. The molecule has 0 aliphatic rings. The van der Waals surface area contributed by atoms with Gasteiger partial charge in [-0.25, -0.2) is 9.37 Å². The average molecular weight is 396 g/mol. The number of aromatic nitrogens is 1. The zero-order chi connectivity index (χ0) is 20.6. The third-order valence-electron chi connectivity index (χ3n) is 4.38. The minimum Gasteiger partial charge on any atom is -0.457 e. The van der Waals surface area contributed by atoms with Crippen LogP contribution in [0.15, 0.2) is 57.9 Å². The van der Waals surface area contributed by atoms with Gasteiger partial charge in [0.15, 0.2) is 5.96 Å². The van der Waals surface area contributed by atoms with Crippen molar-refractivity contribution < 1.29 is 13.5 Å². The summed E-state index contributed by atoms with van der Waals surface area (Å²) in [4.78, 5) is 8.55. The molecule has 29 heavy (non-hydrogen) atoms. The van der Waals surface area contributed by atoms with Crippen molar-refractivity contribution in [2.45, 2.75) is 26.8 Å². The first-order valence-electron chi connectivity index (χ1n) is 9.43. The van der Waals surface area contributed by atoms with Crippen LogP contribution in [-0.4, -0.2) is 24.5 Å². The van der Waals surface area contributed by atoms with Crippen LogP contribution in [0.3, 0.4) is 0 Å². The van der Waals surface area contributed by atoms with Crippen molar-refractivity contribution in [3.63, 3.8) is 0 Å². The van der Waals surface area contributed by atoms with E-state index in [1.54, 1.807) is 19.2 Å². The summed E-state index contributed by atoms with van der Waals surface area (Å²) in [5.74, 6) is 3.19. The number of nitrogens with zero attached hydrogens (tertiary/aromatic N) is 2. The number of ether oxygens (including phenoxy) is 1. The van der Waals surface area contributed by atoms with Gasteiger partial charge in [-0.1, -0.05) is 12.1 Å². The van der Waals surface area contributed by atoms with Gasteiger partial charge in [-0.2, -0.15) is 0 Å². The summed E-state index contributed by atoms with van der Waals surface area (Å²) >= 11 is 0. The van der Waals surface area contributed by atoms with E-state index in [2.05, 4.69) is 20.6 Å². The minimum atomic E-state index is -0.282. The van der Waals surface area contributed by atoms with E-state index in [0.29, 0.717) is 29.9 Å². The van der Waals surface area contributed by atoms with Gasteiger partial charge in [-0.05, 0) is 62.2 Å². The zero-order valence-electron chi connectivity index (χ0n) is 16.8. The van der Waals surface area contributed by atoms with Crippen LogP contribution in [0.5, 0.6) is 11.5 Å². The second-order valence-corrected chi connectivity index (χ2v) is 6.55. The Morgan fingerprint density at radius 3 is 2.28 bits per heavy atom. The molecule has 0 amide bonds. The molecule has 1 aromatic heterocycles. The first-order chi connectivity index (χ1) is 14.0. The molecule has 0 aliphatic carbocycles. The van der Waals surface area contributed by atoms with Crippen LogP contribution in [0.25, 0.3) is 0 Å². The van der Waals surface area contributed by atoms with Gasteiger partial charge in [0.05, 0.1) is 12.2 Å². The molecule has 3 aromatic rings. The SMILES string of the molecule is CN=C(NCCc1ccc(Oc2ccc(F)cc2)cc1)NCc1nc(C)c(C)o1. The number of nitrogens with one attached hydrogen (secondary N) is 2. The Hall–Kier alpha value is -3.35. The molecule has 152 valence electrons. The summed E-state index contributed by atoms with van der Waals surface area (Å²) in [6.45, 7) is 5.02. The van der Waals surface area contributed by atoms with Crippen LogP contribution in [0, 0.1) is 19.7 Å². The molecule has 1 heterocycles. The molecular weight excluding hydrogens is 371 g/mol. The summed E-state index contributed by atoms with van der Waals surface area (Å²) in [5.41, 5.74) is 2.06. The Labute approximate surface area is 169 Å². The summed E-state index contributed by atoms with van der Waals surface area (Å²) in [6.07, 6.45) is 0.828. The van der Waals surface area contributed by atoms with Gasteiger partial charge in [0, 0.05) is 13.6 Å². The number of hydrogen-bond acceptors (Lipinski definition) is 4. The van der Waals surface area contributed by atoms with Crippen LogP contribution >= 0.6 is 0 Å². The van der Waals surface area contributed by atoms with Gasteiger partial charge >= 0.3 is 0 Å². The fourth-order valence-electron chi connectivity index (χ4n) is 2.68. The maximum Gasteiger partial charge on any atom is 0.214 e. The molecule has 6 nitrogen and oxygen atoms in total. The van der Waals surface area contributed by atoms with Crippen molar-refractivity contribution in [2.75, 3.05) is 13.6 Å². The number of rotatable bonds is 7. The molecule has 0 saturated carbocycles. The van der Waals surface area contributed by atoms with Crippen LogP contribution in [0.1, 0.15) is 22.9 Å². The Morgan fingerprint density at radius 2 is 1.69 bits per heavy atom. The first-order valence-corrected chi connectivity index (χ1v) is 9.43. The third kappa shape index (κ3) is 6.07. The number of aryl methyl sites for hydroxylation is 2. The lowest BCUT2D eigenvalue weighted by molar-refractivity contribution is 0.464. The molecule has 0 atom stereocenters. The van der Waals surface area contributed by atoms with Crippen LogP contribution in [0.4, 0.5) is 4.39 Å². The molecular formula is C22H25FN4O2. The predicted molar refractivity (Wildman–Crippen MR) is 111 cm³/mol. The highest BCUT2D eigenvalue weighted by Gasteiger charge is 2.06. The highest BCUT2D eigenvalue weighted by atomic mass is 19.1. The number of halogens is 1. The number of aliphatic imine (C=N–C) groups is 1. The standard InChI is InChI=1S/C22H25FN4O2/c1-15-16(2)28-21(27-15)14-26-22(24-3)25-13-12-17-4-8-19(9-5-17)29-20-10-6-18(23)7-11-20/h4-11H,12-14H2,1-3H3,(H2,24,25,26). The number of oxazole rings is 1. The number of hydrogen-bond donors (Lipinski definition) is 2. The lowest BCUT2D eigenvalue weighted by atomic mass is 10.1. The van der Waals surface area contributed by atoms with E-state index in [1.165, 1.54) is 17.7 Å². The summed E-state index contributed by atoms with van der Waals surface area (Å²) in [6, 6.07) is 13.8. The van der Waals surface area contributed by atoms with Crippen molar-refractivity contribution in [1.29, 1.82) is 0 Å². The van der Waals surface area contributed by atoms with E-state index in [1.807, 2.05) is 38.1 Å². The van der Waals surface area contributed by atoms with E-state index < -0.39 is 0 Å². The van der Waals surface area contributed by atoms with E-state index in [0.717, 1.165) is 24.4 Å². The molecule has 0 radical (unpaired) electrons. The van der Waals surface area contributed by atoms with Gasteiger partial charge in [0.2, 0.25) is 5.89 Å². The normalized spacial score (nSPS) is 11.4. The molecule has 0 unspecified atom stereocenters. The van der Waals surface area contributed by atoms with Crippen LogP contribution in [0.2, 0.25) is 0 Å². The van der Waals surface area contributed by atoms with E-state index >= 15 is 0 Å². The summed E-state index contributed by atoms with van der Waals surface area (Å²) < 4.78 is 24.2. The second-order valence-electron chi connectivity index (χ2n) is 6.55. The molecule has 2 aromatic carbocycles. The highest BCUT2D eigenvalue weighted by Crippen LogP contribution is 2.21. The minimum absolute atomic E-state index is 0.282. The van der Waals surface area contributed by atoms with Crippen molar-refractivity contribution in [3.05, 3.63) is 77.3 Å². The van der Waals surface area contributed by atoms with Crippen LogP contribution < -0.4 is 15.4 Å². The number of benzene rings is 2. The van der Waals surface area contributed by atoms with E-state index in [-0.39, 0.29) is 5.82 Å². The maximum atomic E-state index is 12.9. The molecule has 0 aliphatic heterocycles. The first kappa shape index (κ1) is 20.4. The summed E-state index contributed by atoms with van der Waals surface area (Å²) in [7, 11) is 1.73. The lowest BCUT2D eigenvalue weighted by Crippen LogP contribution is -2.37. The predicted octanol–water partition coefficient (Wildman–Crippen LogP) is 4.13. The second kappa shape index (κ2) is 9.73. The van der Waals surface area contributed by atoms with Gasteiger partial charge in [-0.15, -0.1) is 0 Å². The van der Waals surface area contributed by atoms with E-state index in [9.17, 15) is 4.39 Å². The zero-order valence-corrected chi connectivity index (χ0v) is 16.8. The maximum absolute atomic E-state index is 12.9. The van der Waals surface area contributed by atoms with Gasteiger partial charge in [0.1, 0.15) is 23.1 Å². The highest BCUT2D eigenvalue weighted by molar-refractivity contribution is 5.79. The molecule has 2 N–H and O–H groups in total. The smallest absolute Gasteiger partial charge is 0.214 e. The van der Waals surface area contributed by atoms with Gasteiger partial charge < -0.3 is 19.8 Å². The molecule has 0 fully saturated rings. The third-order valence-corrected chi connectivity index (χ3v) is 4.38. The topological polar surface area (TPSA) is 71.7 Å². The lowest BCUT2D eigenvalue weighted by Gasteiger charge is -2.11. The average Bonchev–Trinajstić information content (AvgIpc) is 3.05. The monoisotopic (exact) mass is 396 g/mol. The largest absolute Gasteiger partial charge is 0.457 e. The fraction of sp³-hybridized carbons (Fsp3) is 0.273. The fourth-order valence-corrected chi connectivity index (χ4v) is 2.68. The van der Waals surface area contributed by atoms with Crippen molar-refractivity contribution >= 4 is 5.96 Å². The van der Waals surface area contributed by atoms with Gasteiger partial charge in [0.25, 0.3) is 0 Å². The molecule has 3 rings (SSSR count).